The van der Waals surface area contributed by atoms with E-state index < -0.39 is 138 Å². The number of aliphatic hydroxyl groups is 1. The molecular formula is C93H118N20O19S. The molecule has 2 saturated heterocycles. The van der Waals surface area contributed by atoms with Crippen molar-refractivity contribution in [2.24, 2.45) is 28.1 Å². The number of likely N-dealkylation sites (tertiary alicyclic amines) is 1. The highest BCUT2D eigenvalue weighted by atomic mass is 32.1. The van der Waals surface area contributed by atoms with E-state index in [2.05, 4.69) is 84.9 Å². The fraction of sp³-hybridized carbons (Fsp3) is 0.409. The Kier molecular flexibility index (Phi) is 36.5. The van der Waals surface area contributed by atoms with Crippen LogP contribution in [0.5, 0.6) is 17.2 Å². The normalized spacial score (nSPS) is 15.1. The molecule has 20 N–H and O–H groups in total. The van der Waals surface area contributed by atoms with Crippen LogP contribution in [0.1, 0.15) is 130 Å². The Labute approximate surface area is 771 Å². The van der Waals surface area contributed by atoms with Crippen LogP contribution in [0.4, 0.5) is 4.79 Å². The molecule has 39 nitrogen and oxygen atoms in total. The zero-order chi connectivity index (χ0) is 96.2. The predicted molar refractivity (Wildman–Crippen MR) is 496 cm³/mol. The minimum atomic E-state index is -1.80. The molecule has 133 heavy (non-hydrogen) atoms. The number of guanidine groups is 1. The third kappa shape index (κ3) is 28.9. The number of carbonyl (C=O) groups excluding carboxylic acids is 12. The number of aromatic amines is 2. The topological polar surface area (TPSA) is 566 Å². The van der Waals surface area contributed by atoms with Gasteiger partial charge in [0, 0.05) is 97.5 Å². The molecule has 0 bridgehead atoms. The molecular weight excluding hydrogens is 1730 g/mol. The first-order valence-electron chi connectivity index (χ1n) is 43.6. The molecule has 5 aromatic carbocycles. The van der Waals surface area contributed by atoms with Crippen molar-refractivity contribution in [2.45, 2.75) is 185 Å². The average molecular weight is 1850 g/mol. The van der Waals surface area contributed by atoms with Gasteiger partial charge in [-0.3, -0.25) is 68.1 Å². The van der Waals surface area contributed by atoms with E-state index in [-0.39, 0.29) is 112 Å². The molecule has 12 amide bonds. The lowest BCUT2D eigenvalue weighted by Gasteiger charge is -2.31. The Bertz CT molecular complexity index is 5640. The predicted octanol–water partition coefficient (Wildman–Crippen LogP) is 3.50. The van der Waals surface area contributed by atoms with Crippen LogP contribution in [0.2, 0.25) is 0 Å². The van der Waals surface area contributed by atoms with Gasteiger partial charge < -0.3 is 108 Å². The van der Waals surface area contributed by atoms with Crippen molar-refractivity contribution in [1.29, 1.82) is 0 Å². The summed E-state index contributed by atoms with van der Waals surface area (Å²) < 4.78 is 24.3. The van der Waals surface area contributed by atoms with Crippen LogP contribution in [0.3, 0.4) is 0 Å². The number of hydrogen-bond donors (Lipinski definition) is 17. The first-order valence-corrected chi connectivity index (χ1v) is 44.5. The van der Waals surface area contributed by atoms with Gasteiger partial charge in [0.15, 0.2) is 5.96 Å². The van der Waals surface area contributed by atoms with Crippen LogP contribution in [0.25, 0.3) is 31.6 Å². The fourth-order valence-corrected chi connectivity index (χ4v) is 16.7. The lowest BCUT2D eigenvalue weighted by Crippen LogP contribution is -2.62. The molecule has 4 aromatic heterocycles. The molecule has 0 spiro atoms. The van der Waals surface area contributed by atoms with Crippen molar-refractivity contribution in [3.63, 3.8) is 0 Å². The summed E-state index contributed by atoms with van der Waals surface area (Å²) in [4.78, 5) is 198. The van der Waals surface area contributed by atoms with E-state index in [0.29, 0.717) is 59.2 Å². The quantitative estimate of drug-likeness (QED) is 0.00855. The Morgan fingerprint density at radius 3 is 1.95 bits per heavy atom. The first-order chi connectivity index (χ1) is 63.6. The van der Waals surface area contributed by atoms with E-state index in [1.807, 2.05) is 83.8 Å². The number of phenols is 1. The maximum absolute atomic E-state index is 14.8. The van der Waals surface area contributed by atoms with Gasteiger partial charge in [-0.1, -0.05) is 92.7 Å². The van der Waals surface area contributed by atoms with E-state index in [0.717, 1.165) is 37.9 Å². The molecule has 40 heteroatoms. The summed E-state index contributed by atoms with van der Waals surface area (Å²) >= 11 is 1.55. The summed E-state index contributed by atoms with van der Waals surface area (Å²) in [6.45, 7) is 10.8. The Morgan fingerprint density at radius 2 is 1.31 bits per heavy atom. The number of carbonyl (C=O) groups is 12. The van der Waals surface area contributed by atoms with Crippen LogP contribution in [-0.4, -0.2) is 231 Å². The highest BCUT2D eigenvalue weighted by Gasteiger charge is 2.41. The van der Waals surface area contributed by atoms with Gasteiger partial charge >= 0.3 is 12.0 Å². The molecule has 9 atom stereocenters. The van der Waals surface area contributed by atoms with Gasteiger partial charge in [-0.05, 0) is 156 Å². The highest BCUT2D eigenvalue weighted by molar-refractivity contribution is 7.22. The smallest absolute Gasteiger partial charge is 0.343 e. The maximum Gasteiger partial charge on any atom is 0.343 e. The minimum Gasteiger partial charge on any atom is -0.508 e. The SMILES string of the molecule is CC(C)C[C@H](NC(=O)[C@@H](COC(C)(C)C)NC(=O)[C@H](Cc1ccc(O)cc1)NC(=O)[C@H](CO)NC(=O)[C@H](Cc1c[nH]c2ccccc12)NC(=O)[C@H](Cc1cnc[nH]1)NC(=O)[C@@H]1CCC(=O)N1)C(=O)N[C@@H](CCCN=C(N)N)C(=O)N1CCC[C@H]1C(=O)NNC(N)=O.CCOC(=O)c1cn(Cc2ccccc2OC)c2sc(-c3ccc(OC)cc3)c(CN(C)Cc3ccccc3)c2c1=O. The number of aliphatic imine (C=N–C) groups is 1. The number of hydrazine groups is 1. The van der Waals surface area contributed by atoms with Crippen LogP contribution in [0, 0.1) is 5.92 Å². The summed E-state index contributed by atoms with van der Waals surface area (Å²) in [5.74, 6) is -7.72. The zero-order valence-corrected chi connectivity index (χ0v) is 76.5. The van der Waals surface area contributed by atoms with Crippen LogP contribution < -0.4 is 85.5 Å². The van der Waals surface area contributed by atoms with Crippen LogP contribution >= 0.6 is 11.3 Å². The second kappa shape index (κ2) is 48.1. The number of ether oxygens (including phenoxy) is 4. The molecule has 2 aliphatic rings. The number of aromatic nitrogens is 4. The van der Waals surface area contributed by atoms with Crippen molar-refractivity contribution < 1.29 is 86.7 Å². The highest BCUT2D eigenvalue weighted by Crippen LogP contribution is 2.40. The molecule has 11 rings (SSSR count). The summed E-state index contributed by atoms with van der Waals surface area (Å²) in [5.41, 5.74) is 25.2. The summed E-state index contributed by atoms with van der Waals surface area (Å²) in [6.07, 6.45) is 6.53. The zero-order valence-electron chi connectivity index (χ0n) is 75.6. The van der Waals surface area contributed by atoms with Crippen LogP contribution in [-0.2, 0) is 96.3 Å². The van der Waals surface area contributed by atoms with E-state index in [1.165, 1.54) is 47.3 Å². The third-order valence-corrected chi connectivity index (χ3v) is 23.3. The molecule has 2 fully saturated rings. The van der Waals surface area contributed by atoms with E-state index in [4.69, 9.17) is 36.1 Å². The number of benzene rings is 5. The number of thiophene rings is 1. The first kappa shape index (κ1) is 101. The second-order valence-electron chi connectivity index (χ2n) is 33.7. The Morgan fingerprint density at radius 1 is 0.677 bits per heavy atom. The number of aromatic hydroxyl groups is 1. The number of esters is 1. The number of primary amides is 1. The minimum absolute atomic E-state index is 0.00453. The Balaban J connectivity index is 0.000000360. The van der Waals surface area contributed by atoms with Gasteiger partial charge in [-0.15, -0.1) is 11.3 Å². The molecule has 2 aliphatic heterocycles. The molecule has 9 aromatic rings. The number of nitrogens with zero attached hydrogens (tertiary/aromatic N) is 5. The number of pyridine rings is 1. The van der Waals surface area contributed by atoms with E-state index in [9.17, 15) is 72.5 Å². The number of urea groups is 1. The summed E-state index contributed by atoms with van der Waals surface area (Å²) in [7, 11) is 5.31. The Hall–Kier alpha value is -14.3. The third-order valence-electron chi connectivity index (χ3n) is 22.0. The van der Waals surface area contributed by atoms with Gasteiger partial charge in [0.05, 0.1) is 57.9 Å². The number of rotatable bonds is 42. The summed E-state index contributed by atoms with van der Waals surface area (Å²) in [5, 5.41) is 43.3. The van der Waals surface area contributed by atoms with E-state index >= 15 is 0 Å². The number of H-pyrrole nitrogens is 2. The monoisotopic (exact) mass is 1850 g/mol. The van der Waals surface area contributed by atoms with Gasteiger partial charge in [-0.2, -0.15) is 0 Å². The fourth-order valence-electron chi connectivity index (χ4n) is 15.4. The number of para-hydroxylation sites is 2. The van der Waals surface area contributed by atoms with Crippen LogP contribution in [0.15, 0.2) is 162 Å². The number of nitrogens with two attached hydrogens (primary N) is 3. The van der Waals surface area contributed by atoms with Crippen molar-refractivity contribution in [1.82, 2.24) is 82.7 Å². The van der Waals surface area contributed by atoms with Gasteiger partial charge in [0.25, 0.3) is 5.91 Å². The van der Waals surface area contributed by atoms with Crippen molar-refractivity contribution >= 4 is 109 Å². The molecule has 0 saturated carbocycles. The maximum atomic E-state index is 14.8. The van der Waals surface area contributed by atoms with Gasteiger partial charge in [0.1, 0.15) is 82.0 Å². The lowest BCUT2D eigenvalue weighted by molar-refractivity contribution is -0.142. The number of hydrogen-bond acceptors (Lipinski definition) is 23. The van der Waals surface area contributed by atoms with Gasteiger partial charge in [0.2, 0.25) is 58.6 Å². The van der Waals surface area contributed by atoms with Crippen molar-refractivity contribution in [3.05, 3.63) is 202 Å². The number of phenolic OH excluding ortho intramolecular Hbond substituents is 1. The standard InChI is InChI=1S/C59H84N18O14.C34H34N2O5S/c1-31(2)22-40(49(82)68-39(12-8-20-64-57(60)61)56(89)77-21-9-13-46(77)55(88)75-76-58(62)90)69-54(87)45(29-91-59(3,4)5)74-50(83)41(23-32-14-16-35(79)17-15-32)70-53(86)44(28-78)73-51(84)42(24-33-26-65-37-11-7-6-10-36(33)37)71-52(85)43(25-34-27-63-30-66-34)72-48(81)38-18-19-47(80)67-38;1-5-41-34(38)28-22-36(20-25-13-9-10-14-29(25)40-4)33-30(31(28)37)27(21-35(2)19-23-11-7-6-8-12-23)32(42-33)24-15-17-26(39-3)18-16-24/h6-7,10-11,14-17,26-27,30-31,38-46,65,78-79H,8-9,12-13,18-25,28-29H2,1-5H3,(H,63,66)(H,67,80)(H,68,82)(H,69,87)(H,70,86)(H,71,85)(H,72,81)(H,73,84)(H,74,83)(H,75,88)(H4,60,61,64)(H3,62,76,90);6-18,22H,5,19-21H2,1-4H3/t38-,39-,40-,41-,42-,43-,44-,45+,46-;/m0./s1. The molecule has 710 valence electrons. The number of fused-ring (bicyclic) bond motifs is 2. The number of nitrogens with one attached hydrogen (secondary N) is 12. The van der Waals surface area contributed by atoms with Crippen molar-refractivity contribution in [3.8, 4) is 27.7 Å². The largest absolute Gasteiger partial charge is 0.508 e. The number of methoxy groups -OCH3 is 2. The molecule has 6 heterocycles. The van der Waals surface area contributed by atoms with Crippen molar-refractivity contribution in [2.75, 3.05) is 54.2 Å². The average Bonchev–Trinajstić information content (AvgIpc) is 1.59. The molecule has 0 radical (unpaired) electrons. The molecule has 0 aliphatic carbocycles. The van der Waals surface area contributed by atoms with E-state index in [1.54, 1.807) is 104 Å². The molecule has 0 unspecified atom stereocenters. The summed E-state index contributed by atoms with van der Waals surface area (Å²) in [6, 6.07) is 25.1. The number of amides is 12. The lowest BCUT2D eigenvalue weighted by atomic mass is 10.0. The van der Waals surface area contributed by atoms with Gasteiger partial charge in [-0.25, -0.2) is 20.0 Å². The number of aliphatic hydroxyl groups excluding tert-OH is 1. The number of imidazole rings is 1. The second-order valence-corrected chi connectivity index (χ2v) is 34.7.